The van der Waals surface area contributed by atoms with Crippen LogP contribution >= 0.6 is 11.8 Å². The molecule has 0 bridgehead atoms. The fraction of sp³-hybridized carbons (Fsp3) is 0.278. The molecule has 2 rings (SSSR count). The highest BCUT2D eigenvalue weighted by atomic mass is 32.2. The van der Waals surface area contributed by atoms with Crippen LogP contribution in [0.3, 0.4) is 0 Å². The molecule has 2 aromatic carbocycles. The van der Waals surface area contributed by atoms with Crippen molar-refractivity contribution in [1.29, 1.82) is 0 Å². The van der Waals surface area contributed by atoms with E-state index in [1.165, 1.54) is 19.2 Å². The third-order valence-electron chi connectivity index (χ3n) is 3.52. The Hall–Kier alpha value is -1.99. The van der Waals surface area contributed by atoms with Crippen molar-refractivity contribution in [3.8, 4) is 0 Å². The summed E-state index contributed by atoms with van der Waals surface area (Å²) in [5.74, 6) is -0.298. The van der Waals surface area contributed by atoms with Crippen molar-refractivity contribution in [2.45, 2.75) is 23.5 Å². The van der Waals surface area contributed by atoms with E-state index in [-0.39, 0.29) is 10.8 Å². The van der Waals surface area contributed by atoms with Gasteiger partial charge in [-0.2, -0.15) is 13.2 Å². The maximum Gasteiger partial charge on any atom is 0.417 e. The van der Waals surface area contributed by atoms with Crippen molar-refractivity contribution in [2.24, 2.45) is 0 Å². The minimum absolute atomic E-state index is 0.117. The Morgan fingerprint density at radius 2 is 1.76 bits per heavy atom. The number of halogens is 3. The highest BCUT2D eigenvalue weighted by Gasteiger charge is 2.33. The number of ether oxygens (including phenoxy) is 1. The van der Waals surface area contributed by atoms with Crippen LogP contribution in [-0.4, -0.2) is 25.0 Å². The molecule has 0 saturated heterocycles. The maximum absolute atomic E-state index is 13.0. The highest BCUT2D eigenvalue weighted by molar-refractivity contribution is 7.99. The summed E-state index contributed by atoms with van der Waals surface area (Å²) in [5, 5.41) is 2.97. The molecule has 0 radical (unpaired) electrons. The first-order valence-electron chi connectivity index (χ1n) is 7.56. The van der Waals surface area contributed by atoms with Crippen molar-refractivity contribution < 1.29 is 22.7 Å². The summed E-state index contributed by atoms with van der Waals surface area (Å²) >= 11 is 1.00. The Bertz CT molecular complexity index is 692. The molecule has 0 aliphatic heterocycles. The number of alkyl halides is 3. The number of rotatable bonds is 7. The molecule has 1 N–H and O–H groups in total. The normalized spacial score (nSPS) is 12.6. The van der Waals surface area contributed by atoms with E-state index in [0.29, 0.717) is 6.42 Å². The zero-order chi connectivity index (χ0) is 18.3. The molecular weight excluding hydrogens is 351 g/mol. The van der Waals surface area contributed by atoms with E-state index in [1.54, 1.807) is 6.07 Å². The molecule has 0 heterocycles. The number of benzene rings is 2. The lowest BCUT2D eigenvalue weighted by Crippen LogP contribution is -2.39. The number of carbonyl (C=O) groups is 1. The predicted molar refractivity (Wildman–Crippen MR) is 91.3 cm³/mol. The number of nitrogens with one attached hydrogen (secondary N) is 1. The first kappa shape index (κ1) is 19.3. The largest absolute Gasteiger partial charge is 0.468 e. The van der Waals surface area contributed by atoms with E-state index >= 15 is 0 Å². The average Bonchev–Trinajstić information content (AvgIpc) is 2.60. The molecular formula is C18H18F3NO2S. The highest BCUT2D eigenvalue weighted by Crippen LogP contribution is 2.36. The fourth-order valence-corrected chi connectivity index (χ4v) is 3.23. The van der Waals surface area contributed by atoms with Gasteiger partial charge >= 0.3 is 12.1 Å². The summed E-state index contributed by atoms with van der Waals surface area (Å²) in [6.07, 6.45) is -4.01. The van der Waals surface area contributed by atoms with E-state index < -0.39 is 23.8 Å². The molecule has 0 amide bonds. The SMILES string of the molecule is COC(=O)[C@H](Cc1ccccc1)NCSc1ccccc1C(F)(F)F. The molecule has 2 aromatic rings. The minimum atomic E-state index is -4.41. The second-order valence-corrected chi connectivity index (χ2v) is 6.27. The summed E-state index contributed by atoms with van der Waals surface area (Å²) in [6.45, 7) is 0. The summed E-state index contributed by atoms with van der Waals surface area (Å²) in [5.41, 5.74) is 0.255. The van der Waals surface area contributed by atoms with Crippen molar-refractivity contribution in [2.75, 3.05) is 13.0 Å². The number of hydrogen-bond acceptors (Lipinski definition) is 4. The van der Waals surface area contributed by atoms with E-state index in [1.807, 2.05) is 30.3 Å². The number of methoxy groups -OCH3 is 1. The van der Waals surface area contributed by atoms with Gasteiger partial charge in [0.05, 0.1) is 12.7 Å². The third-order valence-corrected chi connectivity index (χ3v) is 4.50. The van der Waals surface area contributed by atoms with Gasteiger partial charge in [0.1, 0.15) is 6.04 Å². The van der Waals surface area contributed by atoms with Gasteiger partial charge in [0.2, 0.25) is 0 Å². The third kappa shape index (κ3) is 5.79. The molecule has 3 nitrogen and oxygen atoms in total. The van der Waals surface area contributed by atoms with Crippen LogP contribution in [0, 0.1) is 0 Å². The van der Waals surface area contributed by atoms with E-state index in [4.69, 9.17) is 4.74 Å². The standard InChI is InChI=1S/C18H18F3NO2S/c1-24-17(23)15(11-13-7-3-2-4-8-13)22-12-25-16-10-6-5-9-14(16)18(19,20)21/h2-10,15,22H,11-12H2,1H3/t15-/m0/s1. The zero-order valence-corrected chi connectivity index (χ0v) is 14.4. The summed E-state index contributed by atoms with van der Waals surface area (Å²) in [6, 6.07) is 14.1. The van der Waals surface area contributed by atoms with Crippen LogP contribution in [0.15, 0.2) is 59.5 Å². The molecule has 0 fully saturated rings. The molecule has 0 unspecified atom stereocenters. The van der Waals surface area contributed by atoms with E-state index in [0.717, 1.165) is 23.4 Å². The van der Waals surface area contributed by atoms with Crippen LogP contribution in [0.1, 0.15) is 11.1 Å². The molecule has 0 aliphatic rings. The topological polar surface area (TPSA) is 38.3 Å². The van der Waals surface area contributed by atoms with Crippen LogP contribution in [0.4, 0.5) is 13.2 Å². The van der Waals surface area contributed by atoms with Gasteiger partial charge in [-0.3, -0.25) is 10.1 Å². The first-order chi connectivity index (χ1) is 11.9. The molecule has 0 spiro atoms. The summed E-state index contributed by atoms with van der Waals surface area (Å²) < 4.78 is 43.8. The molecule has 25 heavy (non-hydrogen) atoms. The van der Waals surface area contributed by atoms with Gasteiger partial charge in [0, 0.05) is 10.8 Å². The Morgan fingerprint density at radius 1 is 1.12 bits per heavy atom. The van der Waals surface area contributed by atoms with E-state index in [9.17, 15) is 18.0 Å². The Morgan fingerprint density at radius 3 is 2.40 bits per heavy atom. The molecule has 0 aliphatic carbocycles. The lowest BCUT2D eigenvalue weighted by atomic mass is 10.1. The maximum atomic E-state index is 13.0. The smallest absolute Gasteiger partial charge is 0.417 e. The van der Waals surface area contributed by atoms with Crippen LogP contribution in [0.25, 0.3) is 0 Å². The minimum Gasteiger partial charge on any atom is -0.468 e. The van der Waals surface area contributed by atoms with Crippen molar-refractivity contribution in [1.82, 2.24) is 5.32 Å². The first-order valence-corrected chi connectivity index (χ1v) is 8.54. The van der Waals surface area contributed by atoms with Crippen LogP contribution in [0.5, 0.6) is 0 Å². The Kier molecular flexibility index (Phi) is 6.90. The van der Waals surface area contributed by atoms with Crippen molar-refractivity contribution in [3.63, 3.8) is 0 Å². The number of carbonyl (C=O) groups excluding carboxylic acids is 1. The number of hydrogen-bond donors (Lipinski definition) is 1. The van der Waals surface area contributed by atoms with Gasteiger partial charge in [-0.05, 0) is 24.1 Å². The predicted octanol–water partition coefficient (Wildman–Crippen LogP) is 4.13. The van der Waals surface area contributed by atoms with Gasteiger partial charge in [-0.15, -0.1) is 11.8 Å². The zero-order valence-electron chi connectivity index (χ0n) is 13.5. The van der Waals surface area contributed by atoms with E-state index in [2.05, 4.69) is 5.32 Å². The fourth-order valence-electron chi connectivity index (χ4n) is 2.28. The lowest BCUT2D eigenvalue weighted by Gasteiger charge is -2.17. The summed E-state index contributed by atoms with van der Waals surface area (Å²) in [7, 11) is 1.29. The second kappa shape index (κ2) is 8.92. The van der Waals surface area contributed by atoms with Gasteiger partial charge in [-0.25, -0.2) is 0 Å². The number of thioether (sulfide) groups is 1. The van der Waals surface area contributed by atoms with Crippen molar-refractivity contribution >= 4 is 17.7 Å². The summed E-state index contributed by atoms with van der Waals surface area (Å²) in [4.78, 5) is 12.0. The second-order valence-electron chi connectivity index (χ2n) is 5.25. The van der Waals surface area contributed by atoms with Gasteiger partial charge in [-0.1, -0.05) is 42.5 Å². The molecule has 0 saturated carbocycles. The number of esters is 1. The average molecular weight is 369 g/mol. The van der Waals surface area contributed by atoms with Gasteiger partial charge < -0.3 is 4.74 Å². The van der Waals surface area contributed by atoms with Crippen LogP contribution in [0.2, 0.25) is 0 Å². The molecule has 7 heteroatoms. The van der Waals surface area contributed by atoms with Crippen molar-refractivity contribution in [3.05, 3.63) is 65.7 Å². The van der Waals surface area contributed by atoms with Gasteiger partial charge in [0.15, 0.2) is 0 Å². The molecule has 1 atom stereocenters. The Balaban J connectivity index is 2.01. The van der Waals surface area contributed by atoms with Crippen LogP contribution in [-0.2, 0) is 22.1 Å². The molecule has 134 valence electrons. The quantitative estimate of drug-likeness (QED) is 0.452. The monoisotopic (exact) mass is 369 g/mol. The molecule has 0 aromatic heterocycles. The Labute approximate surface area is 148 Å². The lowest BCUT2D eigenvalue weighted by molar-refractivity contribution is -0.143. The van der Waals surface area contributed by atoms with Crippen LogP contribution < -0.4 is 5.32 Å². The van der Waals surface area contributed by atoms with Gasteiger partial charge in [0.25, 0.3) is 0 Å².